The highest BCUT2D eigenvalue weighted by Crippen LogP contribution is 2.36. The van der Waals surface area contributed by atoms with Crippen LogP contribution in [-0.2, 0) is 15.7 Å². The Kier molecular flexibility index (Phi) is 6.10. The van der Waals surface area contributed by atoms with Gasteiger partial charge in [-0.3, -0.25) is 0 Å². The van der Waals surface area contributed by atoms with Crippen molar-refractivity contribution < 1.29 is 9.31 Å². The van der Waals surface area contributed by atoms with Crippen LogP contribution in [0.1, 0.15) is 65.9 Å². The van der Waals surface area contributed by atoms with Gasteiger partial charge in [-0.1, -0.05) is 56.2 Å². The Bertz CT molecular complexity index is 518. The van der Waals surface area contributed by atoms with E-state index < -0.39 is 0 Å². The lowest BCUT2D eigenvalue weighted by Gasteiger charge is -2.32. The van der Waals surface area contributed by atoms with Crippen molar-refractivity contribution in [1.82, 2.24) is 0 Å². The zero-order valence-electron chi connectivity index (χ0n) is 15.4. The number of hydrogen-bond donors (Lipinski definition) is 0. The molecule has 126 valence electrons. The molecule has 0 N–H and O–H groups in total. The van der Waals surface area contributed by atoms with Gasteiger partial charge in [0.05, 0.1) is 11.2 Å². The van der Waals surface area contributed by atoms with Crippen LogP contribution in [0.2, 0.25) is 0 Å². The lowest BCUT2D eigenvalue weighted by Crippen LogP contribution is -2.41. The van der Waals surface area contributed by atoms with Crippen LogP contribution in [0.15, 0.2) is 36.4 Å². The van der Waals surface area contributed by atoms with Crippen LogP contribution >= 0.6 is 0 Å². The van der Waals surface area contributed by atoms with E-state index in [4.69, 9.17) is 9.31 Å². The SMILES string of the molecule is CCCCC/C=C/Cc1ccccc1B1OC(C)(C)C(C)(C)O1. The smallest absolute Gasteiger partial charge is 0.399 e. The maximum atomic E-state index is 6.20. The number of allylic oxidation sites excluding steroid dienone is 2. The first-order valence-corrected chi connectivity index (χ1v) is 8.96. The minimum absolute atomic E-state index is 0.273. The summed E-state index contributed by atoms with van der Waals surface area (Å²) < 4.78 is 12.4. The molecular formula is C20H31BO2. The van der Waals surface area contributed by atoms with E-state index in [0.29, 0.717) is 0 Å². The molecule has 0 aliphatic carbocycles. The molecule has 2 nitrogen and oxygen atoms in total. The Balaban J connectivity index is 2.04. The van der Waals surface area contributed by atoms with E-state index in [1.165, 1.54) is 31.2 Å². The van der Waals surface area contributed by atoms with Crippen LogP contribution in [0.4, 0.5) is 0 Å². The van der Waals surface area contributed by atoms with Crippen molar-refractivity contribution in [1.29, 1.82) is 0 Å². The van der Waals surface area contributed by atoms with Gasteiger partial charge in [-0.05, 0) is 58.0 Å². The second-order valence-electron chi connectivity index (χ2n) is 7.46. The average molecular weight is 314 g/mol. The fraction of sp³-hybridized carbons (Fsp3) is 0.600. The summed E-state index contributed by atoms with van der Waals surface area (Å²) >= 11 is 0. The molecule has 0 saturated carbocycles. The Morgan fingerprint density at radius 2 is 1.61 bits per heavy atom. The summed E-state index contributed by atoms with van der Waals surface area (Å²) in [6.45, 7) is 10.6. The zero-order valence-corrected chi connectivity index (χ0v) is 15.4. The summed E-state index contributed by atoms with van der Waals surface area (Å²) in [5.41, 5.74) is 1.86. The summed E-state index contributed by atoms with van der Waals surface area (Å²) in [5.74, 6) is 0. The maximum absolute atomic E-state index is 6.20. The number of hydrogen-bond acceptors (Lipinski definition) is 2. The van der Waals surface area contributed by atoms with Crippen molar-refractivity contribution in [2.24, 2.45) is 0 Å². The average Bonchev–Trinajstić information content (AvgIpc) is 2.71. The highest BCUT2D eigenvalue weighted by molar-refractivity contribution is 6.62. The number of benzene rings is 1. The van der Waals surface area contributed by atoms with Crippen molar-refractivity contribution in [2.45, 2.75) is 77.9 Å². The van der Waals surface area contributed by atoms with Gasteiger partial charge in [-0.15, -0.1) is 0 Å². The molecule has 0 unspecified atom stereocenters. The van der Waals surface area contributed by atoms with Gasteiger partial charge in [-0.25, -0.2) is 0 Å². The minimum atomic E-state index is -0.291. The molecule has 3 heteroatoms. The molecule has 23 heavy (non-hydrogen) atoms. The first kappa shape index (κ1) is 18.3. The van der Waals surface area contributed by atoms with Gasteiger partial charge in [0, 0.05) is 0 Å². The van der Waals surface area contributed by atoms with E-state index in [1.54, 1.807) is 0 Å². The van der Waals surface area contributed by atoms with Gasteiger partial charge in [0.2, 0.25) is 0 Å². The molecule has 1 aliphatic heterocycles. The monoisotopic (exact) mass is 314 g/mol. The van der Waals surface area contributed by atoms with E-state index in [-0.39, 0.29) is 18.3 Å². The van der Waals surface area contributed by atoms with E-state index in [0.717, 1.165) is 11.9 Å². The highest BCUT2D eigenvalue weighted by Gasteiger charge is 2.52. The normalized spacial score (nSPS) is 19.6. The summed E-state index contributed by atoms with van der Waals surface area (Å²) in [7, 11) is -0.273. The van der Waals surface area contributed by atoms with Gasteiger partial charge in [0.25, 0.3) is 0 Å². The third-order valence-corrected chi connectivity index (χ3v) is 5.04. The van der Waals surface area contributed by atoms with Crippen molar-refractivity contribution >= 4 is 12.6 Å². The molecule has 0 atom stereocenters. The topological polar surface area (TPSA) is 18.5 Å². The highest BCUT2D eigenvalue weighted by atomic mass is 16.7. The number of unbranched alkanes of at least 4 members (excludes halogenated alkanes) is 3. The first-order valence-electron chi connectivity index (χ1n) is 8.96. The quantitative estimate of drug-likeness (QED) is 0.414. The second kappa shape index (κ2) is 7.68. The van der Waals surface area contributed by atoms with Gasteiger partial charge in [-0.2, -0.15) is 0 Å². The molecule has 1 heterocycles. The van der Waals surface area contributed by atoms with Gasteiger partial charge in [0.1, 0.15) is 0 Å². The van der Waals surface area contributed by atoms with Crippen LogP contribution in [0.3, 0.4) is 0 Å². The third kappa shape index (κ3) is 4.48. The summed E-state index contributed by atoms with van der Waals surface area (Å²) in [6, 6.07) is 8.46. The minimum Gasteiger partial charge on any atom is -0.399 e. The Morgan fingerprint density at radius 1 is 0.957 bits per heavy atom. The standard InChI is InChI=1S/C20H31BO2/c1-6-7-8-9-10-11-14-17-15-12-13-16-18(17)21-22-19(2,3)20(4,5)23-21/h10-13,15-16H,6-9,14H2,1-5H3/b11-10+. The number of rotatable bonds is 7. The molecular weight excluding hydrogens is 283 g/mol. The van der Waals surface area contributed by atoms with E-state index >= 15 is 0 Å². The first-order chi connectivity index (χ1) is 10.9. The molecule has 2 rings (SSSR count). The second-order valence-corrected chi connectivity index (χ2v) is 7.46. The Hall–Kier alpha value is -1.06. The van der Waals surface area contributed by atoms with Crippen LogP contribution < -0.4 is 5.46 Å². The fourth-order valence-electron chi connectivity index (χ4n) is 2.76. The Morgan fingerprint density at radius 3 is 2.26 bits per heavy atom. The summed E-state index contributed by atoms with van der Waals surface area (Å²) in [5, 5.41) is 0. The maximum Gasteiger partial charge on any atom is 0.495 e. The van der Waals surface area contributed by atoms with Crippen LogP contribution in [0, 0.1) is 0 Å². The van der Waals surface area contributed by atoms with Gasteiger partial charge >= 0.3 is 7.12 Å². The summed E-state index contributed by atoms with van der Waals surface area (Å²) in [6.07, 6.45) is 10.6. The zero-order chi connectivity index (χ0) is 16.9. The molecule has 0 amide bonds. The van der Waals surface area contributed by atoms with Crippen LogP contribution in [0.25, 0.3) is 0 Å². The fourth-order valence-corrected chi connectivity index (χ4v) is 2.76. The lowest BCUT2D eigenvalue weighted by molar-refractivity contribution is 0.00578. The van der Waals surface area contributed by atoms with Crippen LogP contribution in [0.5, 0.6) is 0 Å². The molecule has 0 aromatic heterocycles. The predicted octanol–water partition coefficient (Wildman–Crippen LogP) is 4.66. The van der Waals surface area contributed by atoms with E-state index in [2.05, 4.69) is 71.0 Å². The molecule has 1 saturated heterocycles. The third-order valence-electron chi connectivity index (χ3n) is 5.04. The lowest BCUT2D eigenvalue weighted by atomic mass is 9.75. The van der Waals surface area contributed by atoms with Crippen molar-refractivity contribution in [3.63, 3.8) is 0 Å². The predicted molar refractivity (Wildman–Crippen MR) is 99.1 cm³/mol. The van der Waals surface area contributed by atoms with Gasteiger partial charge < -0.3 is 9.31 Å². The molecule has 0 spiro atoms. The van der Waals surface area contributed by atoms with Crippen molar-refractivity contribution in [3.8, 4) is 0 Å². The largest absolute Gasteiger partial charge is 0.495 e. The molecule has 1 fully saturated rings. The van der Waals surface area contributed by atoms with E-state index in [1.807, 2.05) is 0 Å². The van der Waals surface area contributed by atoms with Crippen LogP contribution in [-0.4, -0.2) is 18.3 Å². The van der Waals surface area contributed by atoms with Crippen molar-refractivity contribution in [2.75, 3.05) is 0 Å². The Labute approximate surface area is 142 Å². The van der Waals surface area contributed by atoms with E-state index in [9.17, 15) is 0 Å². The molecule has 0 bridgehead atoms. The molecule has 1 aromatic carbocycles. The van der Waals surface area contributed by atoms with Gasteiger partial charge in [0.15, 0.2) is 0 Å². The molecule has 0 radical (unpaired) electrons. The molecule has 1 aliphatic rings. The van der Waals surface area contributed by atoms with Crippen molar-refractivity contribution in [3.05, 3.63) is 42.0 Å². The molecule has 1 aromatic rings. The summed E-state index contributed by atoms with van der Waals surface area (Å²) in [4.78, 5) is 0.